The Labute approximate surface area is 93.7 Å². The lowest BCUT2D eigenvalue weighted by Gasteiger charge is -2.11. The van der Waals surface area contributed by atoms with Gasteiger partial charge in [0.1, 0.15) is 0 Å². The first kappa shape index (κ1) is 12.7. The summed E-state index contributed by atoms with van der Waals surface area (Å²) in [5, 5.41) is 8.46. The molecule has 7 heteroatoms. The highest BCUT2D eigenvalue weighted by Crippen LogP contribution is 2.08. The van der Waals surface area contributed by atoms with Crippen molar-refractivity contribution in [3.63, 3.8) is 0 Å². The van der Waals surface area contributed by atoms with Crippen LogP contribution in [0.3, 0.4) is 0 Å². The number of carboxylic acids is 1. The van der Waals surface area contributed by atoms with Gasteiger partial charge in [-0.2, -0.15) is 0 Å². The van der Waals surface area contributed by atoms with E-state index in [-0.39, 0.29) is 17.7 Å². The standard InChI is InChI=1S/C9H14N2O4S/c1-7(2-3-9(12)13)11-16(14,15)8-4-5-10-6-8/h4-7,10-11H,2-3H2,1H3,(H,12,13). The van der Waals surface area contributed by atoms with Crippen LogP contribution in [0.5, 0.6) is 0 Å². The minimum absolute atomic E-state index is 0.0587. The van der Waals surface area contributed by atoms with Crippen LogP contribution in [0.15, 0.2) is 23.4 Å². The topological polar surface area (TPSA) is 99.3 Å². The zero-order valence-electron chi connectivity index (χ0n) is 8.80. The normalized spacial score (nSPS) is 13.6. The van der Waals surface area contributed by atoms with E-state index in [2.05, 4.69) is 9.71 Å². The van der Waals surface area contributed by atoms with Crippen molar-refractivity contribution in [1.82, 2.24) is 9.71 Å². The monoisotopic (exact) mass is 246 g/mol. The van der Waals surface area contributed by atoms with Crippen LogP contribution in [0.4, 0.5) is 0 Å². The Balaban J connectivity index is 2.57. The van der Waals surface area contributed by atoms with Crippen LogP contribution < -0.4 is 4.72 Å². The second kappa shape index (κ2) is 5.13. The quantitative estimate of drug-likeness (QED) is 0.682. The van der Waals surface area contributed by atoms with Gasteiger partial charge in [-0.25, -0.2) is 13.1 Å². The van der Waals surface area contributed by atoms with Crippen molar-refractivity contribution < 1.29 is 18.3 Å². The molecular weight excluding hydrogens is 232 g/mol. The van der Waals surface area contributed by atoms with Gasteiger partial charge in [0.2, 0.25) is 10.0 Å². The van der Waals surface area contributed by atoms with Gasteiger partial charge in [-0.15, -0.1) is 0 Å². The van der Waals surface area contributed by atoms with Crippen molar-refractivity contribution in [2.24, 2.45) is 0 Å². The highest BCUT2D eigenvalue weighted by atomic mass is 32.2. The number of nitrogens with one attached hydrogen (secondary N) is 2. The molecule has 1 aromatic rings. The molecule has 1 rings (SSSR count). The summed E-state index contributed by atoms with van der Waals surface area (Å²) < 4.78 is 25.7. The summed E-state index contributed by atoms with van der Waals surface area (Å²) in [5.41, 5.74) is 0. The van der Waals surface area contributed by atoms with Crippen molar-refractivity contribution in [2.75, 3.05) is 0 Å². The number of hydrogen-bond donors (Lipinski definition) is 3. The second-order valence-corrected chi connectivity index (χ2v) is 5.22. The molecule has 1 atom stereocenters. The Morgan fingerprint density at radius 2 is 2.31 bits per heavy atom. The van der Waals surface area contributed by atoms with Crippen molar-refractivity contribution in [3.05, 3.63) is 18.5 Å². The summed E-state index contributed by atoms with van der Waals surface area (Å²) in [6, 6.07) is 1.03. The summed E-state index contributed by atoms with van der Waals surface area (Å²) in [6.45, 7) is 1.63. The molecule has 0 spiro atoms. The van der Waals surface area contributed by atoms with Crippen LogP contribution in [-0.4, -0.2) is 30.5 Å². The average Bonchev–Trinajstić information content (AvgIpc) is 2.67. The van der Waals surface area contributed by atoms with Crippen molar-refractivity contribution in [2.45, 2.75) is 30.7 Å². The predicted octanol–water partition coefficient (Wildman–Crippen LogP) is 0.546. The summed E-state index contributed by atoms with van der Waals surface area (Å²) in [5.74, 6) is -0.937. The number of carboxylic acid groups (broad SMARTS) is 1. The molecule has 1 unspecified atom stereocenters. The van der Waals surface area contributed by atoms with Gasteiger partial charge in [-0.1, -0.05) is 0 Å². The third-order valence-corrected chi connectivity index (χ3v) is 3.61. The van der Waals surface area contributed by atoms with E-state index in [0.717, 1.165) is 0 Å². The Morgan fingerprint density at radius 3 is 2.81 bits per heavy atom. The highest BCUT2D eigenvalue weighted by Gasteiger charge is 2.17. The Kier molecular flexibility index (Phi) is 4.08. The lowest BCUT2D eigenvalue weighted by Crippen LogP contribution is -2.32. The summed E-state index contributed by atoms with van der Waals surface area (Å²) in [6.07, 6.45) is 3.08. The Morgan fingerprint density at radius 1 is 1.62 bits per heavy atom. The lowest BCUT2D eigenvalue weighted by atomic mass is 10.2. The summed E-state index contributed by atoms with van der Waals surface area (Å²) in [7, 11) is -3.54. The molecule has 0 aromatic carbocycles. The Bertz CT molecular complexity index is 438. The molecule has 0 amide bonds. The third kappa shape index (κ3) is 3.67. The predicted molar refractivity (Wildman–Crippen MR) is 57.4 cm³/mol. The van der Waals surface area contributed by atoms with Gasteiger partial charge in [0.15, 0.2) is 0 Å². The van der Waals surface area contributed by atoms with Crippen molar-refractivity contribution in [3.8, 4) is 0 Å². The van der Waals surface area contributed by atoms with Crippen molar-refractivity contribution >= 4 is 16.0 Å². The van der Waals surface area contributed by atoms with Gasteiger partial charge in [-0.05, 0) is 19.4 Å². The van der Waals surface area contributed by atoms with Gasteiger partial charge in [0.05, 0.1) is 4.90 Å². The first-order valence-corrected chi connectivity index (χ1v) is 6.27. The van der Waals surface area contributed by atoms with E-state index < -0.39 is 22.0 Å². The van der Waals surface area contributed by atoms with Gasteiger partial charge in [-0.3, -0.25) is 4.79 Å². The fourth-order valence-electron chi connectivity index (χ4n) is 1.21. The lowest BCUT2D eigenvalue weighted by molar-refractivity contribution is -0.137. The van der Waals surface area contributed by atoms with Gasteiger partial charge in [0, 0.05) is 24.9 Å². The molecule has 0 aliphatic carbocycles. The number of aromatic amines is 1. The minimum Gasteiger partial charge on any atom is -0.481 e. The molecule has 3 N–H and O–H groups in total. The maximum Gasteiger partial charge on any atom is 0.303 e. The van der Waals surface area contributed by atoms with Gasteiger partial charge in [0.25, 0.3) is 0 Å². The molecule has 90 valence electrons. The summed E-state index contributed by atoms with van der Waals surface area (Å²) >= 11 is 0. The van der Waals surface area contributed by atoms with E-state index >= 15 is 0 Å². The molecule has 0 fully saturated rings. The number of sulfonamides is 1. The molecule has 1 heterocycles. The molecule has 0 aliphatic rings. The fourth-order valence-corrected chi connectivity index (χ4v) is 2.46. The van der Waals surface area contributed by atoms with Gasteiger partial charge >= 0.3 is 5.97 Å². The van der Waals surface area contributed by atoms with E-state index in [1.165, 1.54) is 18.5 Å². The average molecular weight is 246 g/mol. The number of rotatable bonds is 6. The van der Waals surface area contributed by atoms with E-state index in [1.54, 1.807) is 6.92 Å². The molecule has 6 nitrogen and oxygen atoms in total. The zero-order valence-corrected chi connectivity index (χ0v) is 9.62. The van der Waals surface area contributed by atoms with Crippen LogP contribution in [0.1, 0.15) is 19.8 Å². The fraction of sp³-hybridized carbons (Fsp3) is 0.444. The maximum atomic E-state index is 11.7. The number of H-pyrrole nitrogens is 1. The van der Waals surface area contributed by atoms with E-state index in [0.29, 0.717) is 0 Å². The maximum absolute atomic E-state index is 11.7. The first-order chi connectivity index (χ1) is 7.42. The molecule has 0 radical (unpaired) electrons. The second-order valence-electron chi connectivity index (χ2n) is 3.50. The van der Waals surface area contributed by atoms with Crippen LogP contribution in [0, 0.1) is 0 Å². The van der Waals surface area contributed by atoms with E-state index in [9.17, 15) is 13.2 Å². The van der Waals surface area contributed by atoms with E-state index in [4.69, 9.17) is 5.11 Å². The largest absolute Gasteiger partial charge is 0.481 e. The first-order valence-electron chi connectivity index (χ1n) is 4.79. The number of aliphatic carboxylic acids is 1. The van der Waals surface area contributed by atoms with Crippen LogP contribution >= 0.6 is 0 Å². The zero-order chi connectivity index (χ0) is 12.2. The van der Waals surface area contributed by atoms with Gasteiger partial charge < -0.3 is 10.1 Å². The van der Waals surface area contributed by atoms with Crippen molar-refractivity contribution in [1.29, 1.82) is 0 Å². The molecular formula is C9H14N2O4S. The van der Waals surface area contributed by atoms with Crippen LogP contribution in [-0.2, 0) is 14.8 Å². The van der Waals surface area contributed by atoms with Crippen LogP contribution in [0.25, 0.3) is 0 Å². The number of aromatic nitrogens is 1. The molecule has 0 bridgehead atoms. The molecule has 0 saturated heterocycles. The summed E-state index contributed by atoms with van der Waals surface area (Å²) in [4.78, 5) is 13.1. The molecule has 0 saturated carbocycles. The Hall–Kier alpha value is -1.34. The third-order valence-electron chi connectivity index (χ3n) is 2.03. The number of hydrogen-bond acceptors (Lipinski definition) is 3. The minimum atomic E-state index is -3.54. The SMILES string of the molecule is CC(CCC(=O)O)NS(=O)(=O)c1cc[nH]c1. The highest BCUT2D eigenvalue weighted by molar-refractivity contribution is 7.89. The smallest absolute Gasteiger partial charge is 0.303 e. The molecule has 1 aromatic heterocycles. The molecule has 16 heavy (non-hydrogen) atoms. The molecule has 0 aliphatic heterocycles. The van der Waals surface area contributed by atoms with E-state index in [1.807, 2.05) is 0 Å². The van der Waals surface area contributed by atoms with Crippen LogP contribution in [0.2, 0.25) is 0 Å². The number of carbonyl (C=O) groups is 1.